The predicted molar refractivity (Wildman–Crippen MR) is 63.1 cm³/mol. The number of aryl methyl sites for hydroxylation is 3. The van der Waals surface area contributed by atoms with Gasteiger partial charge in [0.05, 0.1) is 12.2 Å². The molecule has 0 atom stereocenters. The Hall–Kier alpha value is -2.18. The molecular formula is C11H15N5O2. The van der Waals surface area contributed by atoms with Crippen LogP contribution in [0.4, 0.5) is 0 Å². The van der Waals surface area contributed by atoms with Crippen molar-refractivity contribution in [2.45, 2.75) is 27.3 Å². The highest BCUT2D eigenvalue weighted by Crippen LogP contribution is 2.02. The largest absolute Gasteiger partial charge is 0.349 e. The van der Waals surface area contributed by atoms with Gasteiger partial charge in [-0.05, 0) is 32.0 Å². The van der Waals surface area contributed by atoms with E-state index >= 15 is 0 Å². The highest BCUT2D eigenvalue weighted by atomic mass is 16.6. The van der Waals surface area contributed by atoms with Crippen molar-refractivity contribution in [3.05, 3.63) is 28.8 Å². The fourth-order valence-electron chi connectivity index (χ4n) is 1.70. The molecule has 18 heavy (non-hydrogen) atoms. The fourth-order valence-corrected chi connectivity index (χ4v) is 1.70. The van der Waals surface area contributed by atoms with Crippen LogP contribution in [0.25, 0.3) is 0 Å². The number of hydrogen-bond acceptors (Lipinski definition) is 5. The highest BCUT2D eigenvalue weighted by molar-refractivity contribution is 5.92. The molecular weight excluding hydrogens is 234 g/mol. The van der Waals surface area contributed by atoms with E-state index in [4.69, 9.17) is 0 Å². The second kappa shape index (κ2) is 4.99. The van der Waals surface area contributed by atoms with Crippen molar-refractivity contribution < 1.29 is 9.42 Å². The van der Waals surface area contributed by atoms with E-state index in [1.54, 1.807) is 6.92 Å². The van der Waals surface area contributed by atoms with Gasteiger partial charge in [0, 0.05) is 12.2 Å². The Bertz CT molecular complexity index is 558. The zero-order valence-corrected chi connectivity index (χ0v) is 10.6. The van der Waals surface area contributed by atoms with Gasteiger partial charge in [-0.1, -0.05) is 5.16 Å². The molecule has 1 amide bonds. The molecule has 96 valence electrons. The first-order chi connectivity index (χ1) is 8.58. The van der Waals surface area contributed by atoms with E-state index in [1.165, 1.54) is 0 Å². The molecule has 0 unspecified atom stereocenters. The summed E-state index contributed by atoms with van der Waals surface area (Å²) >= 11 is 0. The van der Waals surface area contributed by atoms with Crippen LogP contribution in [-0.2, 0) is 6.54 Å². The monoisotopic (exact) mass is 249 g/mol. The van der Waals surface area contributed by atoms with E-state index in [-0.39, 0.29) is 11.6 Å². The lowest BCUT2D eigenvalue weighted by atomic mass is 10.3. The Labute approximate surface area is 104 Å². The second-order valence-electron chi connectivity index (χ2n) is 4.10. The minimum Gasteiger partial charge on any atom is -0.349 e. The van der Waals surface area contributed by atoms with Gasteiger partial charge in [0.1, 0.15) is 5.69 Å². The number of carbonyl (C=O) groups is 1. The smallest absolute Gasteiger partial charge is 0.275 e. The SMILES string of the molecule is Cc1cc(C)n(CCNC(=O)c2nonc2C)n1. The van der Waals surface area contributed by atoms with E-state index in [0.717, 1.165) is 11.4 Å². The molecule has 0 bridgehead atoms. The standard InChI is InChI=1S/C11H15N5O2/c1-7-6-8(2)16(13-7)5-4-12-11(17)10-9(3)14-18-15-10/h6H,4-5H2,1-3H3,(H,12,17). The Morgan fingerprint density at radius 3 is 2.72 bits per heavy atom. The van der Waals surface area contributed by atoms with Crippen LogP contribution in [0.3, 0.4) is 0 Å². The molecule has 0 aliphatic heterocycles. The van der Waals surface area contributed by atoms with Crippen molar-refractivity contribution in [1.82, 2.24) is 25.4 Å². The van der Waals surface area contributed by atoms with Gasteiger partial charge >= 0.3 is 0 Å². The maximum Gasteiger partial charge on any atom is 0.275 e. The fraction of sp³-hybridized carbons (Fsp3) is 0.455. The maximum atomic E-state index is 11.7. The highest BCUT2D eigenvalue weighted by Gasteiger charge is 2.14. The van der Waals surface area contributed by atoms with Crippen LogP contribution < -0.4 is 5.32 Å². The van der Waals surface area contributed by atoms with Crippen LogP contribution in [0, 0.1) is 20.8 Å². The third-order valence-corrected chi connectivity index (χ3v) is 2.58. The van der Waals surface area contributed by atoms with Gasteiger partial charge in [-0.25, -0.2) is 4.63 Å². The molecule has 0 fully saturated rings. The molecule has 1 N–H and O–H groups in total. The topological polar surface area (TPSA) is 85.8 Å². The minimum atomic E-state index is -0.282. The summed E-state index contributed by atoms with van der Waals surface area (Å²) in [6.45, 7) is 6.69. The van der Waals surface area contributed by atoms with Crippen molar-refractivity contribution in [2.75, 3.05) is 6.54 Å². The van der Waals surface area contributed by atoms with Crippen LogP contribution in [0.2, 0.25) is 0 Å². The van der Waals surface area contributed by atoms with E-state index in [9.17, 15) is 4.79 Å². The number of nitrogens with zero attached hydrogens (tertiary/aromatic N) is 4. The van der Waals surface area contributed by atoms with Gasteiger partial charge in [-0.15, -0.1) is 0 Å². The molecule has 0 aromatic carbocycles. The van der Waals surface area contributed by atoms with Crippen LogP contribution in [0.5, 0.6) is 0 Å². The zero-order chi connectivity index (χ0) is 13.1. The molecule has 0 saturated carbocycles. The molecule has 0 saturated heterocycles. The lowest BCUT2D eigenvalue weighted by molar-refractivity contribution is 0.0941. The molecule has 2 aromatic heterocycles. The van der Waals surface area contributed by atoms with E-state index in [2.05, 4.69) is 25.4 Å². The first kappa shape index (κ1) is 12.3. The van der Waals surface area contributed by atoms with Crippen LogP contribution in [0.1, 0.15) is 27.6 Å². The molecule has 2 aromatic rings. The molecule has 0 radical (unpaired) electrons. The summed E-state index contributed by atoms with van der Waals surface area (Å²) in [6, 6.07) is 1.99. The summed E-state index contributed by atoms with van der Waals surface area (Å²) in [6.07, 6.45) is 0. The summed E-state index contributed by atoms with van der Waals surface area (Å²) in [5.41, 5.74) is 2.75. The Morgan fingerprint density at radius 2 is 2.17 bits per heavy atom. The van der Waals surface area contributed by atoms with Crippen molar-refractivity contribution >= 4 is 5.91 Å². The molecule has 7 nitrogen and oxygen atoms in total. The first-order valence-electron chi connectivity index (χ1n) is 5.66. The lowest BCUT2D eigenvalue weighted by Gasteiger charge is -2.05. The molecule has 0 spiro atoms. The summed E-state index contributed by atoms with van der Waals surface area (Å²) in [5, 5.41) is 14.2. The van der Waals surface area contributed by atoms with Crippen molar-refractivity contribution in [3.63, 3.8) is 0 Å². The molecule has 2 rings (SSSR count). The van der Waals surface area contributed by atoms with Crippen LogP contribution in [-0.4, -0.2) is 32.5 Å². The minimum absolute atomic E-state index is 0.225. The quantitative estimate of drug-likeness (QED) is 0.858. The summed E-state index contributed by atoms with van der Waals surface area (Å²) in [4.78, 5) is 11.7. The lowest BCUT2D eigenvalue weighted by Crippen LogP contribution is -2.28. The van der Waals surface area contributed by atoms with Gasteiger partial charge in [-0.3, -0.25) is 9.48 Å². The number of aromatic nitrogens is 4. The average molecular weight is 249 g/mol. The van der Waals surface area contributed by atoms with Crippen LogP contribution in [0.15, 0.2) is 10.7 Å². The van der Waals surface area contributed by atoms with Crippen molar-refractivity contribution in [2.24, 2.45) is 0 Å². The second-order valence-corrected chi connectivity index (χ2v) is 4.10. The molecule has 0 aliphatic carbocycles. The maximum absolute atomic E-state index is 11.7. The van der Waals surface area contributed by atoms with Gasteiger partial charge in [0.15, 0.2) is 5.69 Å². The predicted octanol–water partition coefficient (Wildman–Crippen LogP) is 0.621. The van der Waals surface area contributed by atoms with Crippen LogP contribution >= 0.6 is 0 Å². The van der Waals surface area contributed by atoms with Crippen molar-refractivity contribution in [1.29, 1.82) is 0 Å². The third kappa shape index (κ3) is 2.55. The number of hydrogen-bond donors (Lipinski definition) is 1. The van der Waals surface area contributed by atoms with Crippen molar-refractivity contribution in [3.8, 4) is 0 Å². The molecule has 7 heteroatoms. The van der Waals surface area contributed by atoms with E-state index in [0.29, 0.717) is 18.8 Å². The third-order valence-electron chi connectivity index (χ3n) is 2.58. The Balaban J connectivity index is 1.88. The number of carbonyl (C=O) groups excluding carboxylic acids is 1. The van der Waals surface area contributed by atoms with Gasteiger partial charge in [0.25, 0.3) is 5.91 Å². The number of amides is 1. The summed E-state index contributed by atoms with van der Waals surface area (Å²) in [7, 11) is 0. The Kier molecular flexibility index (Phi) is 3.40. The average Bonchev–Trinajstić information content (AvgIpc) is 2.85. The van der Waals surface area contributed by atoms with Gasteiger partial charge in [0.2, 0.25) is 0 Å². The normalized spacial score (nSPS) is 10.6. The van der Waals surface area contributed by atoms with Gasteiger partial charge in [-0.2, -0.15) is 5.10 Å². The summed E-state index contributed by atoms with van der Waals surface area (Å²) < 4.78 is 6.33. The molecule has 0 aliphatic rings. The molecule has 2 heterocycles. The number of nitrogens with one attached hydrogen (secondary N) is 1. The summed E-state index contributed by atoms with van der Waals surface area (Å²) in [5.74, 6) is -0.282. The van der Waals surface area contributed by atoms with E-state index in [1.807, 2.05) is 24.6 Å². The first-order valence-corrected chi connectivity index (χ1v) is 5.66. The Morgan fingerprint density at radius 1 is 1.39 bits per heavy atom. The number of rotatable bonds is 4. The van der Waals surface area contributed by atoms with Gasteiger partial charge < -0.3 is 5.32 Å². The zero-order valence-electron chi connectivity index (χ0n) is 10.6. The van der Waals surface area contributed by atoms with E-state index < -0.39 is 0 Å².